The van der Waals surface area contributed by atoms with Gasteiger partial charge in [0.05, 0.1) is 23.1 Å². The molecule has 2 saturated carbocycles. The number of alkyl halides is 3. The molecular formula is C23H27F3N6O. The van der Waals surface area contributed by atoms with Crippen LogP contribution in [0.2, 0.25) is 0 Å². The van der Waals surface area contributed by atoms with Crippen molar-refractivity contribution in [2.24, 2.45) is 5.92 Å². The van der Waals surface area contributed by atoms with E-state index in [0.29, 0.717) is 36.2 Å². The molecule has 4 N–H and O–H groups in total. The standard InChI is InChI=1S/C23H27F3N6O/c24-23(25,26)9-20(33)32-6-5-31(12-19(32)13-1-2-13)22-18(28)8-17(21(30-22)14-3-4-14)15-7-16(27)11-29-10-15/h7-8,10-11,13-14,19H,1-6,9,12,27-28H2/t19-/m0/s1. The van der Waals surface area contributed by atoms with E-state index in [1.54, 1.807) is 12.4 Å². The van der Waals surface area contributed by atoms with Gasteiger partial charge in [-0.15, -0.1) is 0 Å². The van der Waals surface area contributed by atoms with Crippen LogP contribution in [0, 0.1) is 5.92 Å². The number of hydrogen-bond donors (Lipinski definition) is 2. The fourth-order valence-corrected chi connectivity index (χ4v) is 4.76. The van der Waals surface area contributed by atoms with Crippen LogP contribution < -0.4 is 16.4 Å². The normalized spacial score (nSPS) is 21.4. The van der Waals surface area contributed by atoms with E-state index in [0.717, 1.165) is 42.5 Å². The molecule has 7 nitrogen and oxygen atoms in total. The first-order valence-corrected chi connectivity index (χ1v) is 11.3. The maximum absolute atomic E-state index is 12.8. The lowest BCUT2D eigenvalue weighted by atomic mass is 10.0. The minimum atomic E-state index is -4.50. The molecule has 1 aliphatic heterocycles. The third kappa shape index (κ3) is 4.69. The van der Waals surface area contributed by atoms with Gasteiger partial charge in [0.25, 0.3) is 0 Å². The second-order valence-corrected chi connectivity index (χ2v) is 9.35. The molecule has 33 heavy (non-hydrogen) atoms. The number of anilines is 3. The summed E-state index contributed by atoms with van der Waals surface area (Å²) in [6.07, 6.45) is 1.35. The SMILES string of the molecule is Nc1cncc(-c2cc(N)c(N3CCN(C(=O)CC(F)(F)F)[C@H](C4CC4)C3)nc2C2CC2)c1. The summed E-state index contributed by atoms with van der Waals surface area (Å²) in [6.45, 7) is 1.07. The summed E-state index contributed by atoms with van der Waals surface area (Å²) in [5, 5.41) is 0. The van der Waals surface area contributed by atoms with E-state index in [-0.39, 0.29) is 18.5 Å². The van der Waals surface area contributed by atoms with Crippen LogP contribution in [0.4, 0.5) is 30.4 Å². The largest absolute Gasteiger partial charge is 0.397 e. The zero-order valence-electron chi connectivity index (χ0n) is 18.2. The van der Waals surface area contributed by atoms with E-state index >= 15 is 0 Å². The van der Waals surface area contributed by atoms with Crippen molar-refractivity contribution in [1.82, 2.24) is 14.9 Å². The third-order valence-corrected chi connectivity index (χ3v) is 6.65. The number of pyridine rings is 2. The number of nitrogen functional groups attached to an aromatic ring is 2. The lowest BCUT2D eigenvalue weighted by Crippen LogP contribution is -2.57. The Morgan fingerprint density at radius 2 is 1.85 bits per heavy atom. The first-order chi connectivity index (χ1) is 15.7. The Hall–Kier alpha value is -3.04. The maximum atomic E-state index is 12.8. The fourth-order valence-electron chi connectivity index (χ4n) is 4.76. The second kappa shape index (κ2) is 8.07. The van der Waals surface area contributed by atoms with Crippen LogP contribution in [-0.4, -0.2) is 52.6 Å². The number of nitrogens with two attached hydrogens (primary N) is 2. The van der Waals surface area contributed by atoms with Crippen molar-refractivity contribution in [1.29, 1.82) is 0 Å². The topological polar surface area (TPSA) is 101 Å². The highest BCUT2D eigenvalue weighted by atomic mass is 19.4. The van der Waals surface area contributed by atoms with Crippen molar-refractivity contribution in [2.75, 3.05) is 36.0 Å². The highest BCUT2D eigenvalue weighted by Gasteiger charge is 2.44. The number of piperazine rings is 1. The average Bonchev–Trinajstić information content (AvgIpc) is 3.65. The minimum absolute atomic E-state index is 0.228. The van der Waals surface area contributed by atoms with Crippen LogP contribution >= 0.6 is 0 Å². The summed E-state index contributed by atoms with van der Waals surface area (Å²) in [6, 6.07) is 3.50. The summed E-state index contributed by atoms with van der Waals surface area (Å²) in [7, 11) is 0. The third-order valence-electron chi connectivity index (χ3n) is 6.65. The lowest BCUT2D eigenvalue weighted by Gasteiger charge is -2.43. The van der Waals surface area contributed by atoms with Crippen LogP contribution in [0.5, 0.6) is 0 Å². The van der Waals surface area contributed by atoms with Crippen molar-refractivity contribution in [3.63, 3.8) is 0 Å². The second-order valence-electron chi connectivity index (χ2n) is 9.35. The summed E-state index contributed by atoms with van der Waals surface area (Å²) in [5.41, 5.74) is 16.2. The number of aromatic nitrogens is 2. The molecule has 3 aliphatic rings. The smallest absolute Gasteiger partial charge is 0.397 e. The van der Waals surface area contributed by atoms with Crippen LogP contribution in [0.1, 0.15) is 43.7 Å². The van der Waals surface area contributed by atoms with E-state index in [1.165, 1.54) is 4.90 Å². The Morgan fingerprint density at radius 3 is 2.48 bits per heavy atom. The van der Waals surface area contributed by atoms with Gasteiger partial charge in [-0.3, -0.25) is 9.78 Å². The van der Waals surface area contributed by atoms with Gasteiger partial charge in [0.1, 0.15) is 6.42 Å². The first-order valence-electron chi connectivity index (χ1n) is 11.3. The van der Waals surface area contributed by atoms with Crippen LogP contribution in [0.25, 0.3) is 11.1 Å². The van der Waals surface area contributed by atoms with E-state index in [2.05, 4.69) is 4.98 Å². The Kier molecular flexibility index (Phi) is 5.33. The van der Waals surface area contributed by atoms with Gasteiger partial charge >= 0.3 is 6.18 Å². The van der Waals surface area contributed by atoms with Crippen molar-refractivity contribution in [2.45, 2.75) is 50.2 Å². The summed E-state index contributed by atoms with van der Waals surface area (Å²) in [5.74, 6) is 0.371. The van der Waals surface area contributed by atoms with Gasteiger partial charge in [0, 0.05) is 49.1 Å². The highest BCUT2D eigenvalue weighted by Crippen LogP contribution is 2.46. The Morgan fingerprint density at radius 1 is 1.09 bits per heavy atom. The molecule has 1 amide bonds. The molecule has 0 spiro atoms. The zero-order chi connectivity index (χ0) is 23.3. The summed E-state index contributed by atoms with van der Waals surface area (Å²) in [4.78, 5) is 25.0. The van der Waals surface area contributed by atoms with Gasteiger partial charge in [-0.1, -0.05) is 0 Å². The Balaban J connectivity index is 1.43. The molecule has 2 aliphatic carbocycles. The van der Waals surface area contributed by atoms with Crippen molar-refractivity contribution in [3.8, 4) is 11.1 Å². The van der Waals surface area contributed by atoms with Gasteiger partial charge < -0.3 is 21.3 Å². The van der Waals surface area contributed by atoms with E-state index in [4.69, 9.17) is 16.5 Å². The highest BCUT2D eigenvalue weighted by molar-refractivity contribution is 5.79. The van der Waals surface area contributed by atoms with Crippen LogP contribution in [-0.2, 0) is 4.79 Å². The predicted octanol–water partition coefficient (Wildman–Crippen LogP) is 3.57. The molecule has 2 aromatic heterocycles. The number of hydrogen-bond acceptors (Lipinski definition) is 6. The number of carbonyl (C=O) groups is 1. The maximum Gasteiger partial charge on any atom is 0.397 e. The molecule has 0 aromatic carbocycles. The van der Waals surface area contributed by atoms with E-state index < -0.39 is 18.5 Å². The molecule has 5 rings (SSSR count). The van der Waals surface area contributed by atoms with Crippen LogP contribution in [0.3, 0.4) is 0 Å². The molecule has 10 heteroatoms. The van der Waals surface area contributed by atoms with Crippen molar-refractivity contribution >= 4 is 23.1 Å². The molecule has 0 bridgehead atoms. The summed E-state index contributed by atoms with van der Waals surface area (Å²) >= 11 is 0. The van der Waals surface area contributed by atoms with Crippen LogP contribution in [0.15, 0.2) is 24.5 Å². The van der Waals surface area contributed by atoms with E-state index in [1.807, 2.05) is 17.0 Å². The quantitative estimate of drug-likeness (QED) is 0.708. The predicted molar refractivity (Wildman–Crippen MR) is 119 cm³/mol. The fraction of sp³-hybridized carbons (Fsp3) is 0.522. The molecular weight excluding hydrogens is 433 g/mol. The molecule has 3 fully saturated rings. The number of carbonyl (C=O) groups excluding carboxylic acids is 1. The number of nitrogens with zero attached hydrogens (tertiary/aromatic N) is 4. The minimum Gasteiger partial charge on any atom is -0.397 e. The van der Waals surface area contributed by atoms with Crippen molar-refractivity contribution in [3.05, 3.63) is 30.2 Å². The monoisotopic (exact) mass is 460 g/mol. The molecule has 1 atom stereocenters. The molecule has 3 heterocycles. The van der Waals surface area contributed by atoms with Gasteiger partial charge in [-0.25, -0.2) is 4.98 Å². The summed E-state index contributed by atoms with van der Waals surface area (Å²) < 4.78 is 38.5. The van der Waals surface area contributed by atoms with Gasteiger partial charge in [-0.2, -0.15) is 13.2 Å². The molecule has 0 radical (unpaired) electrons. The van der Waals surface area contributed by atoms with Gasteiger partial charge in [0.2, 0.25) is 5.91 Å². The van der Waals surface area contributed by atoms with Gasteiger partial charge in [0.15, 0.2) is 5.82 Å². The zero-order valence-corrected chi connectivity index (χ0v) is 18.2. The Labute approximate surface area is 190 Å². The average molecular weight is 461 g/mol. The number of rotatable bonds is 5. The number of amides is 1. The molecule has 1 saturated heterocycles. The Bertz CT molecular complexity index is 1070. The first kappa shape index (κ1) is 21.8. The van der Waals surface area contributed by atoms with Gasteiger partial charge in [-0.05, 0) is 43.7 Å². The van der Waals surface area contributed by atoms with Crippen molar-refractivity contribution < 1.29 is 18.0 Å². The molecule has 2 aromatic rings. The number of halogens is 3. The molecule has 176 valence electrons. The lowest BCUT2D eigenvalue weighted by molar-refractivity contribution is -0.163. The molecule has 0 unspecified atom stereocenters. The van der Waals surface area contributed by atoms with E-state index in [9.17, 15) is 18.0 Å².